The number of nitrogens with two attached hydrogens (primary N) is 2. The summed E-state index contributed by atoms with van der Waals surface area (Å²) in [5.41, 5.74) is 14.4. The molecule has 0 spiro atoms. The quantitative estimate of drug-likeness (QED) is 0.240. The predicted octanol–water partition coefficient (Wildman–Crippen LogP) is 3.70. The molecule has 0 aliphatic rings. The summed E-state index contributed by atoms with van der Waals surface area (Å²) in [5, 5.41) is 16.7. The number of amidine groups is 1. The second kappa shape index (κ2) is 9.93. The number of rotatable bonds is 7. The average molecular weight is 411 g/mol. The minimum atomic E-state index is -0.520. The van der Waals surface area contributed by atoms with Crippen molar-refractivity contribution in [2.75, 3.05) is 11.9 Å². The molecule has 160 valence electrons. The molecule has 0 radical (unpaired) electrons. The van der Waals surface area contributed by atoms with Gasteiger partial charge in [0.05, 0.1) is 11.8 Å². The number of allylic oxidation sites excluding steroid dienone is 1. The average Bonchev–Trinajstić information content (AvgIpc) is 2.69. The Labute approximate surface area is 177 Å². The van der Waals surface area contributed by atoms with Gasteiger partial charge in [0, 0.05) is 22.2 Å². The van der Waals surface area contributed by atoms with Gasteiger partial charge in [-0.05, 0) is 37.3 Å². The van der Waals surface area contributed by atoms with Gasteiger partial charge in [0.25, 0.3) is 5.91 Å². The zero-order valence-corrected chi connectivity index (χ0v) is 17.8. The fourth-order valence-corrected chi connectivity index (χ4v) is 2.38. The number of anilines is 1. The lowest BCUT2D eigenvalue weighted by atomic mass is 9.93. The molecule has 1 amide bonds. The number of aliphatic hydroxyl groups is 1. The van der Waals surface area contributed by atoms with Crippen molar-refractivity contribution in [3.63, 3.8) is 0 Å². The number of hydrogen-bond donors (Lipinski definition) is 4. The van der Waals surface area contributed by atoms with Gasteiger partial charge in [0.1, 0.15) is 6.61 Å². The van der Waals surface area contributed by atoms with Crippen molar-refractivity contribution in [1.29, 1.82) is 0 Å². The lowest BCUT2D eigenvalue weighted by molar-refractivity contribution is 0.102. The third-order valence-corrected chi connectivity index (χ3v) is 4.32. The Morgan fingerprint density at radius 3 is 2.27 bits per heavy atom. The van der Waals surface area contributed by atoms with Crippen LogP contribution in [-0.2, 0) is 4.84 Å². The highest BCUT2D eigenvalue weighted by Gasteiger charge is 2.17. The standard InChI is InChI=1S/C23H30N4O3/c1-15-5-11-19(12-6-15)26-22(29)17-9-7-16(8-10-17)21(25)27-30-14-18(24)13-20(28)23(2,3)4/h5-13,18,28H,14,24H2,1-4H3,(H2,25,27)(H,26,29)/b20-13-. The van der Waals surface area contributed by atoms with Crippen LogP contribution in [0.3, 0.4) is 0 Å². The zero-order valence-electron chi connectivity index (χ0n) is 17.8. The van der Waals surface area contributed by atoms with Gasteiger partial charge in [-0.15, -0.1) is 0 Å². The first-order valence-corrected chi connectivity index (χ1v) is 9.67. The number of nitrogens with zero attached hydrogens (tertiary/aromatic N) is 1. The summed E-state index contributed by atoms with van der Waals surface area (Å²) in [4.78, 5) is 17.5. The summed E-state index contributed by atoms with van der Waals surface area (Å²) < 4.78 is 0. The van der Waals surface area contributed by atoms with Gasteiger partial charge in [-0.1, -0.05) is 55.8 Å². The highest BCUT2D eigenvalue weighted by Crippen LogP contribution is 2.22. The van der Waals surface area contributed by atoms with Crippen LogP contribution in [0.2, 0.25) is 0 Å². The van der Waals surface area contributed by atoms with Gasteiger partial charge in [0.2, 0.25) is 0 Å². The van der Waals surface area contributed by atoms with Gasteiger partial charge in [0.15, 0.2) is 5.84 Å². The number of benzene rings is 2. The highest BCUT2D eigenvalue weighted by atomic mass is 16.6. The molecule has 1 atom stereocenters. The van der Waals surface area contributed by atoms with Gasteiger partial charge >= 0.3 is 0 Å². The van der Waals surface area contributed by atoms with Crippen molar-refractivity contribution in [3.8, 4) is 0 Å². The van der Waals surface area contributed by atoms with Crippen LogP contribution in [0.4, 0.5) is 5.69 Å². The van der Waals surface area contributed by atoms with Crippen molar-refractivity contribution in [2.45, 2.75) is 33.7 Å². The molecule has 1 unspecified atom stereocenters. The van der Waals surface area contributed by atoms with Crippen LogP contribution < -0.4 is 16.8 Å². The number of hydrogen-bond acceptors (Lipinski definition) is 5. The molecule has 0 saturated carbocycles. The molecular weight excluding hydrogens is 380 g/mol. The van der Waals surface area contributed by atoms with Crippen LogP contribution in [0.25, 0.3) is 0 Å². The Kier molecular flexibility index (Phi) is 7.60. The number of carbonyl (C=O) groups excluding carboxylic acids is 1. The fraction of sp³-hybridized carbons (Fsp3) is 0.304. The monoisotopic (exact) mass is 410 g/mol. The molecule has 2 rings (SSSR count). The molecule has 7 nitrogen and oxygen atoms in total. The number of oxime groups is 1. The van der Waals surface area contributed by atoms with Gasteiger partial charge < -0.3 is 26.7 Å². The van der Waals surface area contributed by atoms with Crippen molar-refractivity contribution in [3.05, 3.63) is 77.1 Å². The SMILES string of the molecule is Cc1ccc(NC(=O)c2ccc(/C(N)=N/OCC(N)/C=C(\O)C(C)(C)C)cc2)cc1. The van der Waals surface area contributed by atoms with Crippen molar-refractivity contribution in [1.82, 2.24) is 0 Å². The van der Waals surface area contributed by atoms with E-state index in [9.17, 15) is 9.90 Å². The summed E-state index contributed by atoms with van der Waals surface area (Å²) in [5.74, 6) is 0.139. The van der Waals surface area contributed by atoms with Gasteiger partial charge in [-0.3, -0.25) is 4.79 Å². The minimum Gasteiger partial charge on any atom is -0.512 e. The molecule has 30 heavy (non-hydrogen) atoms. The summed E-state index contributed by atoms with van der Waals surface area (Å²) in [6.07, 6.45) is 1.53. The number of carbonyl (C=O) groups is 1. The Morgan fingerprint density at radius 1 is 1.13 bits per heavy atom. The van der Waals surface area contributed by atoms with Crippen molar-refractivity contribution < 1.29 is 14.7 Å². The van der Waals surface area contributed by atoms with E-state index in [0.29, 0.717) is 11.1 Å². The van der Waals surface area contributed by atoms with Crippen molar-refractivity contribution in [2.24, 2.45) is 22.0 Å². The van der Waals surface area contributed by atoms with Crippen LogP contribution in [0.15, 0.2) is 65.5 Å². The van der Waals surface area contributed by atoms with E-state index in [1.165, 1.54) is 6.08 Å². The molecule has 2 aromatic rings. The lowest BCUT2D eigenvalue weighted by Gasteiger charge is -2.18. The van der Waals surface area contributed by atoms with E-state index in [-0.39, 0.29) is 29.5 Å². The Hall–Kier alpha value is -3.32. The topological polar surface area (TPSA) is 123 Å². The Bertz CT molecular complexity index is 911. The molecule has 0 bridgehead atoms. The first-order valence-electron chi connectivity index (χ1n) is 9.67. The maximum Gasteiger partial charge on any atom is 0.255 e. The fourth-order valence-electron chi connectivity index (χ4n) is 2.38. The number of aliphatic hydroxyl groups excluding tert-OH is 1. The number of aryl methyl sites for hydroxylation is 1. The van der Waals surface area contributed by atoms with Crippen molar-refractivity contribution >= 4 is 17.4 Å². The summed E-state index contributed by atoms with van der Waals surface area (Å²) in [6, 6.07) is 13.8. The molecule has 0 saturated heterocycles. The molecule has 0 fully saturated rings. The first kappa shape index (κ1) is 23.0. The maximum atomic E-state index is 12.3. The smallest absolute Gasteiger partial charge is 0.255 e. The van der Waals surface area contributed by atoms with Gasteiger partial charge in [-0.2, -0.15) is 0 Å². The Balaban J connectivity index is 1.93. The molecule has 0 heterocycles. The van der Waals surface area contributed by atoms with Crippen LogP contribution in [0.5, 0.6) is 0 Å². The van der Waals surface area contributed by atoms with E-state index < -0.39 is 6.04 Å². The van der Waals surface area contributed by atoms with E-state index in [1.807, 2.05) is 52.0 Å². The zero-order chi connectivity index (χ0) is 22.3. The third-order valence-electron chi connectivity index (χ3n) is 4.32. The number of amides is 1. The van der Waals surface area contributed by atoms with Crippen LogP contribution in [0, 0.1) is 12.3 Å². The van der Waals surface area contributed by atoms with E-state index in [0.717, 1.165) is 11.3 Å². The normalized spacial score (nSPS) is 13.6. The van der Waals surface area contributed by atoms with E-state index >= 15 is 0 Å². The van der Waals surface area contributed by atoms with Crippen LogP contribution in [0.1, 0.15) is 42.3 Å². The molecular formula is C23H30N4O3. The highest BCUT2D eigenvalue weighted by molar-refractivity contribution is 6.05. The second-order valence-electron chi connectivity index (χ2n) is 8.14. The van der Waals surface area contributed by atoms with E-state index in [2.05, 4.69) is 10.5 Å². The Morgan fingerprint density at radius 2 is 1.70 bits per heavy atom. The van der Waals surface area contributed by atoms with Crippen LogP contribution >= 0.6 is 0 Å². The molecule has 2 aromatic carbocycles. The molecule has 0 aliphatic carbocycles. The van der Waals surface area contributed by atoms with E-state index in [4.69, 9.17) is 16.3 Å². The predicted molar refractivity (Wildman–Crippen MR) is 120 cm³/mol. The molecule has 6 N–H and O–H groups in total. The van der Waals surface area contributed by atoms with Crippen LogP contribution in [-0.4, -0.2) is 29.5 Å². The molecule has 7 heteroatoms. The summed E-state index contributed by atoms with van der Waals surface area (Å²) in [6.45, 7) is 7.70. The van der Waals surface area contributed by atoms with Gasteiger partial charge in [-0.25, -0.2) is 0 Å². The minimum absolute atomic E-state index is 0.0673. The second-order valence-corrected chi connectivity index (χ2v) is 8.14. The summed E-state index contributed by atoms with van der Waals surface area (Å²) >= 11 is 0. The third kappa shape index (κ3) is 6.93. The van der Waals surface area contributed by atoms with E-state index in [1.54, 1.807) is 24.3 Å². The molecule has 0 aromatic heterocycles. The maximum absolute atomic E-state index is 12.3. The lowest BCUT2D eigenvalue weighted by Crippen LogP contribution is -2.26. The summed E-state index contributed by atoms with van der Waals surface area (Å²) in [7, 11) is 0. The molecule has 0 aliphatic heterocycles. The number of nitrogens with one attached hydrogen (secondary N) is 1. The largest absolute Gasteiger partial charge is 0.512 e. The first-order chi connectivity index (χ1) is 14.1.